The summed E-state index contributed by atoms with van der Waals surface area (Å²) in [5, 5.41) is 2.44. The number of nitrogens with zero attached hydrogens (tertiary/aromatic N) is 1. The largest absolute Gasteiger partial charge is 0.496 e. The molecule has 0 atom stereocenters. The van der Waals surface area contributed by atoms with Gasteiger partial charge in [-0.15, -0.1) is 0 Å². The molecule has 0 bridgehead atoms. The lowest BCUT2D eigenvalue weighted by atomic mass is 10.1. The second-order valence-electron chi connectivity index (χ2n) is 6.18. The van der Waals surface area contributed by atoms with Gasteiger partial charge >= 0.3 is 5.97 Å². The number of pyridine rings is 1. The molecule has 152 valence electrons. The molecule has 0 unspecified atom stereocenters. The molecule has 0 fully saturated rings. The molecule has 1 N–H and O–H groups in total. The van der Waals surface area contributed by atoms with Gasteiger partial charge in [0.15, 0.2) is 5.78 Å². The number of ketones is 1. The molecule has 2 aromatic rings. The maximum absolute atomic E-state index is 12.6. The van der Waals surface area contributed by atoms with E-state index in [1.807, 2.05) is 0 Å². The van der Waals surface area contributed by atoms with Crippen LogP contribution in [0.4, 0.5) is 0 Å². The first-order valence-electron chi connectivity index (χ1n) is 8.70. The predicted octanol–water partition coefficient (Wildman–Crippen LogP) is 1.50. The number of aromatic nitrogens is 1. The lowest BCUT2D eigenvalue weighted by Gasteiger charge is -2.10. The summed E-state index contributed by atoms with van der Waals surface area (Å²) in [6.45, 7) is 1.50. The van der Waals surface area contributed by atoms with Crippen molar-refractivity contribution < 1.29 is 23.9 Å². The summed E-state index contributed by atoms with van der Waals surface area (Å²) >= 11 is 0. The lowest BCUT2D eigenvalue weighted by Crippen LogP contribution is -2.30. The third-order valence-corrected chi connectivity index (χ3v) is 4.30. The molecule has 29 heavy (non-hydrogen) atoms. The SMILES string of the molecule is COC(=O)CNC(=O)c1cccc(C=CC(=O)c2c(OC)cc(C)n(C)c2=O)c1. The van der Waals surface area contributed by atoms with Crippen LogP contribution < -0.4 is 15.6 Å². The van der Waals surface area contributed by atoms with Gasteiger partial charge in [0, 0.05) is 24.4 Å². The molecule has 8 heteroatoms. The van der Waals surface area contributed by atoms with Crippen LogP contribution in [0.5, 0.6) is 5.75 Å². The Labute approximate surface area is 167 Å². The Kier molecular flexibility index (Phi) is 7.08. The maximum atomic E-state index is 12.6. The van der Waals surface area contributed by atoms with Gasteiger partial charge in [0.2, 0.25) is 0 Å². The summed E-state index contributed by atoms with van der Waals surface area (Å²) in [6, 6.07) is 8.09. The van der Waals surface area contributed by atoms with Crippen molar-refractivity contribution in [1.82, 2.24) is 9.88 Å². The first-order chi connectivity index (χ1) is 13.8. The number of ether oxygens (including phenoxy) is 2. The number of aryl methyl sites for hydroxylation is 1. The minimum Gasteiger partial charge on any atom is -0.496 e. The Hall–Kier alpha value is -3.68. The van der Waals surface area contributed by atoms with Gasteiger partial charge in [0.1, 0.15) is 17.9 Å². The highest BCUT2D eigenvalue weighted by molar-refractivity contribution is 6.08. The average Bonchev–Trinajstić information content (AvgIpc) is 2.73. The normalized spacial score (nSPS) is 10.6. The standard InChI is InChI=1S/C21H22N2O6/c1-13-10-17(28-3)19(21(27)23(13)2)16(24)9-8-14-6-5-7-15(11-14)20(26)22-12-18(25)29-4/h5-11H,12H2,1-4H3,(H,22,26). The van der Waals surface area contributed by atoms with Crippen LogP contribution in [0.15, 0.2) is 41.2 Å². The molecule has 0 saturated carbocycles. The van der Waals surface area contributed by atoms with Crippen LogP contribution >= 0.6 is 0 Å². The van der Waals surface area contributed by atoms with Gasteiger partial charge in [-0.25, -0.2) is 0 Å². The molecule has 0 spiro atoms. The first kappa shape index (κ1) is 21.6. The molecule has 8 nitrogen and oxygen atoms in total. The van der Waals surface area contributed by atoms with Crippen molar-refractivity contribution in [2.24, 2.45) is 7.05 Å². The van der Waals surface area contributed by atoms with Crippen molar-refractivity contribution in [1.29, 1.82) is 0 Å². The molecule has 0 radical (unpaired) electrons. The zero-order valence-electron chi connectivity index (χ0n) is 16.6. The highest BCUT2D eigenvalue weighted by atomic mass is 16.5. The second-order valence-corrected chi connectivity index (χ2v) is 6.18. The number of hydrogen-bond donors (Lipinski definition) is 1. The number of nitrogens with one attached hydrogen (secondary N) is 1. The van der Waals surface area contributed by atoms with Crippen LogP contribution in [0.3, 0.4) is 0 Å². The molecular weight excluding hydrogens is 376 g/mol. The number of esters is 1. The van der Waals surface area contributed by atoms with E-state index in [1.54, 1.807) is 44.3 Å². The molecule has 0 aliphatic rings. The Balaban J connectivity index is 2.24. The highest BCUT2D eigenvalue weighted by Gasteiger charge is 2.17. The molecule has 1 aromatic heterocycles. The van der Waals surface area contributed by atoms with E-state index in [9.17, 15) is 19.2 Å². The van der Waals surface area contributed by atoms with E-state index in [4.69, 9.17) is 4.74 Å². The van der Waals surface area contributed by atoms with E-state index in [1.165, 1.54) is 30.9 Å². The monoisotopic (exact) mass is 398 g/mol. The number of allylic oxidation sites excluding steroid dienone is 1. The molecular formula is C21H22N2O6. The summed E-state index contributed by atoms with van der Waals surface area (Å²) in [6.07, 6.45) is 2.75. The number of rotatable bonds is 7. The fraction of sp³-hybridized carbons (Fsp3) is 0.238. The first-order valence-corrected chi connectivity index (χ1v) is 8.70. The number of hydrogen-bond acceptors (Lipinski definition) is 6. The predicted molar refractivity (Wildman–Crippen MR) is 107 cm³/mol. The van der Waals surface area contributed by atoms with Crippen LogP contribution in [0, 0.1) is 6.92 Å². The molecule has 0 aliphatic heterocycles. The molecule has 1 heterocycles. The molecule has 1 amide bonds. The van der Waals surface area contributed by atoms with E-state index in [0.717, 1.165) is 0 Å². The third kappa shape index (κ3) is 5.19. The Morgan fingerprint density at radius 2 is 1.90 bits per heavy atom. The fourth-order valence-corrected chi connectivity index (χ4v) is 2.55. The molecule has 1 aromatic carbocycles. The lowest BCUT2D eigenvalue weighted by molar-refractivity contribution is -0.139. The van der Waals surface area contributed by atoms with Crippen molar-refractivity contribution in [2.75, 3.05) is 20.8 Å². The molecule has 0 aliphatic carbocycles. The minimum atomic E-state index is -0.561. The van der Waals surface area contributed by atoms with Gasteiger partial charge in [0.05, 0.1) is 14.2 Å². The Morgan fingerprint density at radius 3 is 2.55 bits per heavy atom. The number of amides is 1. The van der Waals surface area contributed by atoms with Gasteiger partial charge in [-0.2, -0.15) is 0 Å². The number of carbonyl (C=O) groups excluding carboxylic acids is 3. The van der Waals surface area contributed by atoms with Crippen LogP contribution in [0.1, 0.15) is 32.0 Å². The fourth-order valence-electron chi connectivity index (χ4n) is 2.55. The summed E-state index contributed by atoms with van der Waals surface area (Å²) < 4.78 is 11.0. The Morgan fingerprint density at radius 1 is 1.17 bits per heavy atom. The summed E-state index contributed by atoms with van der Waals surface area (Å²) in [5.74, 6) is -1.32. The van der Waals surface area contributed by atoms with E-state index < -0.39 is 23.2 Å². The van der Waals surface area contributed by atoms with Crippen molar-refractivity contribution in [3.63, 3.8) is 0 Å². The number of carbonyl (C=O) groups is 3. The minimum absolute atomic E-state index is 0.0659. The summed E-state index contributed by atoms with van der Waals surface area (Å²) in [7, 11) is 4.20. The summed E-state index contributed by atoms with van der Waals surface area (Å²) in [4.78, 5) is 48.3. The van der Waals surface area contributed by atoms with Crippen LogP contribution in [-0.2, 0) is 16.6 Å². The number of benzene rings is 1. The highest BCUT2D eigenvalue weighted by Crippen LogP contribution is 2.17. The third-order valence-electron chi connectivity index (χ3n) is 4.30. The zero-order valence-corrected chi connectivity index (χ0v) is 16.6. The van der Waals surface area contributed by atoms with Gasteiger partial charge < -0.3 is 19.4 Å². The van der Waals surface area contributed by atoms with E-state index in [-0.39, 0.29) is 17.9 Å². The van der Waals surface area contributed by atoms with Gasteiger partial charge in [-0.1, -0.05) is 18.2 Å². The smallest absolute Gasteiger partial charge is 0.325 e. The van der Waals surface area contributed by atoms with Gasteiger partial charge in [0.25, 0.3) is 11.5 Å². The number of methoxy groups -OCH3 is 2. The zero-order chi connectivity index (χ0) is 21.6. The van der Waals surface area contributed by atoms with Crippen LogP contribution in [0.2, 0.25) is 0 Å². The van der Waals surface area contributed by atoms with E-state index in [0.29, 0.717) is 16.8 Å². The van der Waals surface area contributed by atoms with E-state index in [2.05, 4.69) is 10.1 Å². The van der Waals surface area contributed by atoms with Crippen molar-refractivity contribution in [2.45, 2.75) is 6.92 Å². The van der Waals surface area contributed by atoms with Gasteiger partial charge in [-0.05, 0) is 30.7 Å². The topological polar surface area (TPSA) is 104 Å². The molecule has 2 rings (SSSR count). The van der Waals surface area contributed by atoms with Crippen LogP contribution in [-0.4, -0.2) is 43.0 Å². The van der Waals surface area contributed by atoms with Crippen LogP contribution in [0.25, 0.3) is 6.08 Å². The second kappa shape index (κ2) is 9.50. The summed E-state index contributed by atoms with van der Waals surface area (Å²) in [5.41, 5.74) is 1.04. The maximum Gasteiger partial charge on any atom is 0.325 e. The van der Waals surface area contributed by atoms with Crippen molar-refractivity contribution >= 4 is 23.7 Å². The van der Waals surface area contributed by atoms with Gasteiger partial charge in [-0.3, -0.25) is 19.2 Å². The molecule has 0 saturated heterocycles. The Bertz CT molecular complexity index is 1040. The van der Waals surface area contributed by atoms with E-state index >= 15 is 0 Å². The van der Waals surface area contributed by atoms with Crippen molar-refractivity contribution in [3.05, 3.63) is 69.1 Å². The quantitative estimate of drug-likeness (QED) is 0.431. The van der Waals surface area contributed by atoms with Crippen molar-refractivity contribution in [3.8, 4) is 5.75 Å². The average molecular weight is 398 g/mol.